The van der Waals surface area contributed by atoms with Crippen LogP contribution in [0, 0.1) is 0 Å². The summed E-state index contributed by atoms with van der Waals surface area (Å²) in [6, 6.07) is 13.5. The summed E-state index contributed by atoms with van der Waals surface area (Å²) in [4.78, 5) is 25.5. The Bertz CT molecular complexity index is 962. The molecule has 0 fully saturated rings. The largest absolute Gasteiger partial charge is 0.497 e. The number of methoxy groups -OCH3 is 1. The Balaban J connectivity index is 1.93. The predicted octanol–water partition coefficient (Wildman–Crippen LogP) is 5.43. The molecule has 1 unspecified atom stereocenters. The van der Waals surface area contributed by atoms with E-state index in [1.54, 1.807) is 55.5 Å². The van der Waals surface area contributed by atoms with Crippen molar-refractivity contribution in [3.63, 3.8) is 0 Å². The summed E-state index contributed by atoms with van der Waals surface area (Å²) in [5.41, 5.74) is 0.783. The van der Waals surface area contributed by atoms with Gasteiger partial charge in [-0.3, -0.25) is 0 Å². The van der Waals surface area contributed by atoms with Gasteiger partial charge in [-0.25, -0.2) is 18.4 Å². The number of hydrogen-bond donors (Lipinski definition) is 1. The summed E-state index contributed by atoms with van der Waals surface area (Å²) < 4.78 is 47.8. The highest BCUT2D eigenvalue weighted by Gasteiger charge is 2.22. The number of alkyl halides is 2. The summed E-state index contributed by atoms with van der Waals surface area (Å²) in [5, 5.41) is 9.23. The number of amides is 1. The van der Waals surface area contributed by atoms with E-state index in [4.69, 9.17) is 18.9 Å². The summed E-state index contributed by atoms with van der Waals surface area (Å²) in [6.45, 7) is 3.49. The number of unbranched alkanes of at least 4 members (excludes halogenated alkanes) is 1. The van der Waals surface area contributed by atoms with Crippen LogP contribution < -0.4 is 14.2 Å². The summed E-state index contributed by atoms with van der Waals surface area (Å²) >= 11 is 0. The Morgan fingerprint density at radius 2 is 1.59 bits per heavy atom. The van der Waals surface area contributed by atoms with E-state index < -0.39 is 24.1 Å². The van der Waals surface area contributed by atoms with Gasteiger partial charge >= 0.3 is 12.1 Å². The number of halogens is 2. The van der Waals surface area contributed by atoms with Crippen molar-refractivity contribution < 1.29 is 42.4 Å². The van der Waals surface area contributed by atoms with Gasteiger partial charge in [-0.05, 0) is 68.7 Å². The maximum absolute atomic E-state index is 13.1. The molecule has 2 rings (SSSR count). The van der Waals surface area contributed by atoms with Gasteiger partial charge in [0.05, 0.1) is 13.7 Å². The molecule has 0 bridgehead atoms. The number of benzene rings is 2. The number of nitrogens with zero attached hydrogens (tertiary/aromatic N) is 1. The van der Waals surface area contributed by atoms with Crippen molar-refractivity contribution in [3.05, 3.63) is 54.1 Å². The van der Waals surface area contributed by atoms with Crippen LogP contribution >= 0.6 is 0 Å². The smallest absolute Gasteiger partial charge is 0.415 e. The number of carboxylic acids is 1. The summed E-state index contributed by atoms with van der Waals surface area (Å²) in [5.74, 6) is -2.28. The van der Waals surface area contributed by atoms with Crippen molar-refractivity contribution in [2.75, 3.05) is 33.4 Å². The third kappa shape index (κ3) is 11.5. The average Bonchev–Trinajstić information content (AvgIpc) is 2.85. The highest BCUT2D eigenvalue weighted by Crippen LogP contribution is 2.21. The standard InChI is InChI=1S/C27H35F2NO7/c1-4-35-24(25(31)32)19-20-7-9-22(10-8-20)36-18-17-30(16-6-5-15-27(2,28)29)26(33)37-23-13-11-21(34-3)12-14-23/h7-14,24H,4-6,15-19H2,1-3H3,(H,31,32). The third-order valence-electron chi connectivity index (χ3n) is 5.43. The van der Waals surface area contributed by atoms with Crippen LogP contribution in [0.3, 0.4) is 0 Å². The van der Waals surface area contributed by atoms with Gasteiger partial charge in [-0.2, -0.15) is 0 Å². The molecule has 0 aliphatic rings. The van der Waals surface area contributed by atoms with Crippen LogP contribution in [0.4, 0.5) is 13.6 Å². The molecule has 0 heterocycles. The van der Waals surface area contributed by atoms with E-state index in [0.29, 0.717) is 30.3 Å². The van der Waals surface area contributed by atoms with E-state index in [1.165, 1.54) is 12.0 Å². The molecular formula is C27H35F2NO7. The topological polar surface area (TPSA) is 94.5 Å². The molecule has 1 atom stereocenters. The fourth-order valence-electron chi connectivity index (χ4n) is 3.47. The van der Waals surface area contributed by atoms with E-state index in [1.807, 2.05) is 0 Å². The molecule has 0 saturated heterocycles. The van der Waals surface area contributed by atoms with Crippen molar-refractivity contribution in [1.29, 1.82) is 0 Å². The molecule has 10 heteroatoms. The van der Waals surface area contributed by atoms with Crippen LogP contribution in [0.5, 0.6) is 17.2 Å². The van der Waals surface area contributed by atoms with Crippen molar-refractivity contribution in [1.82, 2.24) is 4.90 Å². The molecule has 204 valence electrons. The summed E-state index contributed by atoms with van der Waals surface area (Å²) in [6.07, 6.45) is -0.913. The molecule has 0 aliphatic heterocycles. The third-order valence-corrected chi connectivity index (χ3v) is 5.43. The Morgan fingerprint density at radius 3 is 2.16 bits per heavy atom. The molecule has 0 radical (unpaired) electrons. The van der Waals surface area contributed by atoms with Crippen LogP contribution in [0.25, 0.3) is 0 Å². The Hall–Kier alpha value is -3.40. The SMILES string of the molecule is CCOC(Cc1ccc(OCCN(CCCCC(C)(F)F)C(=O)Oc2ccc(OC)cc2)cc1)C(=O)O. The van der Waals surface area contributed by atoms with Crippen LogP contribution in [-0.2, 0) is 16.0 Å². The molecule has 0 aliphatic carbocycles. The fraction of sp³-hybridized carbons (Fsp3) is 0.481. The predicted molar refractivity (Wildman–Crippen MR) is 134 cm³/mol. The number of rotatable bonds is 16. The molecule has 8 nitrogen and oxygen atoms in total. The Kier molecular flexibility index (Phi) is 12.1. The normalized spacial score (nSPS) is 12.0. The molecular weight excluding hydrogens is 488 g/mol. The minimum absolute atomic E-state index is 0.150. The molecule has 0 spiro atoms. The number of carbonyl (C=O) groups excluding carboxylic acids is 1. The quantitative estimate of drug-likeness (QED) is 0.293. The van der Waals surface area contributed by atoms with Gasteiger partial charge in [-0.15, -0.1) is 0 Å². The second-order valence-electron chi connectivity index (χ2n) is 8.54. The van der Waals surface area contributed by atoms with E-state index in [9.17, 15) is 23.5 Å². The zero-order chi connectivity index (χ0) is 27.3. The van der Waals surface area contributed by atoms with Gasteiger partial charge in [0.15, 0.2) is 6.10 Å². The molecule has 2 aromatic rings. The van der Waals surface area contributed by atoms with Gasteiger partial charge in [0.1, 0.15) is 23.9 Å². The highest BCUT2D eigenvalue weighted by atomic mass is 19.3. The lowest BCUT2D eigenvalue weighted by atomic mass is 10.1. The molecule has 1 amide bonds. The average molecular weight is 524 g/mol. The van der Waals surface area contributed by atoms with E-state index >= 15 is 0 Å². The minimum Gasteiger partial charge on any atom is -0.497 e. The first-order valence-electron chi connectivity index (χ1n) is 12.2. The van der Waals surface area contributed by atoms with Crippen LogP contribution in [0.1, 0.15) is 38.7 Å². The zero-order valence-electron chi connectivity index (χ0n) is 21.5. The van der Waals surface area contributed by atoms with Crippen molar-refractivity contribution in [2.24, 2.45) is 0 Å². The van der Waals surface area contributed by atoms with Gasteiger partial charge in [-0.1, -0.05) is 12.1 Å². The van der Waals surface area contributed by atoms with E-state index in [0.717, 1.165) is 12.5 Å². The van der Waals surface area contributed by atoms with Crippen LogP contribution in [0.15, 0.2) is 48.5 Å². The van der Waals surface area contributed by atoms with Crippen LogP contribution in [0.2, 0.25) is 0 Å². The Labute approximate surface area is 216 Å². The van der Waals surface area contributed by atoms with Gasteiger partial charge in [0.2, 0.25) is 5.92 Å². The zero-order valence-corrected chi connectivity index (χ0v) is 21.5. The molecule has 0 saturated carbocycles. The number of carbonyl (C=O) groups is 2. The lowest BCUT2D eigenvalue weighted by Gasteiger charge is -2.22. The molecule has 1 N–H and O–H groups in total. The van der Waals surface area contributed by atoms with E-state index in [2.05, 4.69) is 0 Å². The maximum atomic E-state index is 13.1. The molecule has 0 aromatic heterocycles. The van der Waals surface area contributed by atoms with Crippen molar-refractivity contribution in [3.8, 4) is 17.2 Å². The number of aliphatic carboxylic acids is 1. The second kappa shape index (κ2) is 15.0. The Morgan fingerprint density at radius 1 is 0.973 bits per heavy atom. The highest BCUT2D eigenvalue weighted by molar-refractivity contribution is 5.72. The first-order valence-corrected chi connectivity index (χ1v) is 12.2. The minimum atomic E-state index is -2.75. The lowest BCUT2D eigenvalue weighted by molar-refractivity contribution is -0.149. The van der Waals surface area contributed by atoms with Gasteiger partial charge in [0.25, 0.3) is 0 Å². The first kappa shape index (κ1) is 29.8. The fourth-order valence-corrected chi connectivity index (χ4v) is 3.47. The number of ether oxygens (including phenoxy) is 4. The van der Waals surface area contributed by atoms with E-state index in [-0.39, 0.29) is 39.0 Å². The maximum Gasteiger partial charge on any atom is 0.415 e. The first-order chi connectivity index (χ1) is 17.6. The monoisotopic (exact) mass is 523 g/mol. The number of carboxylic acid groups (broad SMARTS) is 1. The van der Waals surface area contributed by atoms with Gasteiger partial charge < -0.3 is 29.0 Å². The summed E-state index contributed by atoms with van der Waals surface area (Å²) in [7, 11) is 1.53. The second-order valence-corrected chi connectivity index (χ2v) is 8.54. The number of hydrogen-bond acceptors (Lipinski definition) is 6. The van der Waals surface area contributed by atoms with Gasteiger partial charge in [0, 0.05) is 26.0 Å². The lowest BCUT2D eigenvalue weighted by Crippen LogP contribution is -2.37. The molecule has 37 heavy (non-hydrogen) atoms. The van der Waals surface area contributed by atoms with Crippen molar-refractivity contribution in [2.45, 2.75) is 51.6 Å². The van der Waals surface area contributed by atoms with Crippen molar-refractivity contribution >= 4 is 12.1 Å². The molecule has 2 aromatic carbocycles. The van der Waals surface area contributed by atoms with Crippen LogP contribution in [-0.4, -0.2) is 67.5 Å².